The van der Waals surface area contributed by atoms with E-state index in [2.05, 4.69) is 48.2 Å². The lowest BCUT2D eigenvalue weighted by Crippen LogP contribution is -2.64. The summed E-state index contributed by atoms with van der Waals surface area (Å²) in [5, 5.41) is 7.29. The van der Waals surface area contributed by atoms with Crippen LogP contribution < -0.4 is 10.6 Å². The summed E-state index contributed by atoms with van der Waals surface area (Å²) in [6, 6.07) is 0.781. The first-order valence-corrected chi connectivity index (χ1v) is 11.4. The van der Waals surface area contributed by atoms with Crippen LogP contribution in [0.5, 0.6) is 0 Å². The van der Waals surface area contributed by atoms with Gasteiger partial charge in [0.15, 0.2) is 5.96 Å². The van der Waals surface area contributed by atoms with Crippen LogP contribution in [0.4, 0.5) is 0 Å². The zero-order chi connectivity index (χ0) is 21.4. The molecule has 0 aromatic carbocycles. The molecule has 8 heteroatoms. The molecule has 0 aromatic heterocycles. The summed E-state index contributed by atoms with van der Waals surface area (Å²) in [6.45, 7) is 12.9. The maximum Gasteiger partial charge on any atom is 0.236 e. The third-order valence-corrected chi connectivity index (χ3v) is 6.41. The van der Waals surface area contributed by atoms with Crippen LogP contribution in [0.1, 0.15) is 59.8 Å². The van der Waals surface area contributed by atoms with Gasteiger partial charge in [0.25, 0.3) is 0 Å². The van der Waals surface area contributed by atoms with Gasteiger partial charge in [-0.1, -0.05) is 27.2 Å². The summed E-state index contributed by atoms with van der Waals surface area (Å²) in [5.74, 6) is 1.09. The molecule has 2 atom stereocenters. The minimum atomic E-state index is 0. The van der Waals surface area contributed by atoms with Gasteiger partial charge in [-0.3, -0.25) is 14.7 Å². The van der Waals surface area contributed by atoms with Crippen LogP contribution in [0.25, 0.3) is 0 Å². The SMILES string of the molecule is CCCCOC1CC(NC(=NCC)NC2CCN(CC(=O)N(C)C)CC2)C1(C)C.I. The Kier molecular flexibility index (Phi) is 11.9. The summed E-state index contributed by atoms with van der Waals surface area (Å²) in [7, 11) is 3.63. The number of hydrogen-bond acceptors (Lipinski definition) is 4. The van der Waals surface area contributed by atoms with Crippen molar-refractivity contribution in [3.8, 4) is 0 Å². The highest BCUT2D eigenvalue weighted by atomic mass is 127. The van der Waals surface area contributed by atoms with Gasteiger partial charge in [-0.2, -0.15) is 0 Å². The lowest BCUT2D eigenvalue weighted by molar-refractivity contribution is -0.130. The summed E-state index contributed by atoms with van der Waals surface area (Å²) in [4.78, 5) is 20.5. The summed E-state index contributed by atoms with van der Waals surface area (Å²) in [5.41, 5.74) is 0.111. The van der Waals surface area contributed by atoms with Crippen LogP contribution in [0.3, 0.4) is 0 Å². The maximum atomic E-state index is 11.9. The van der Waals surface area contributed by atoms with E-state index < -0.39 is 0 Å². The molecule has 1 aliphatic carbocycles. The summed E-state index contributed by atoms with van der Waals surface area (Å²) >= 11 is 0. The van der Waals surface area contributed by atoms with Gasteiger partial charge >= 0.3 is 0 Å². The predicted molar refractivity (Wildman–Crippen MR) is 135 cm³/mol. The lowest BCUT2D eigenvalue weighted by Gasteiger charge is -2.52. The Morgan fingerprint density at radius 3 is 2.40 bits per heavy atom. The summed E-state index contributed by atoms with van der Waals surface area (Å²) in [6.07, 6.45) is 5.73. The van der Waals surface area contributed by atoms with Gasteiger partial charge in [0.2, 0.25) is 5.91 Å². The van der Waals surface area contributed by atoms with E-state index in [0.717, 1.165) is 57.9 Å². The molecule has 30 heavy (non-hydrogen) atoms. The van der Waals surface area contributed by atoms with Crippen molar-refractivity contribution in [2.75, 3.05) is 46.9 Å². The first-order valence-electron chi connectivity index (χ1n) is 11.4. The van der Waals surface area contributed by atoms with Crippen molar-refractivity contribution in [1.82, 2.24) is 20.4 Å². The second-order valence-corrected chi connectivity index (χ2v) is 9.27. The third kappa shape index (κ3) is 7.82. The molecule has 0 radical (unpaired) electrons. The number of nitrogens with zero attached hydrogens (tertiary/aromatic N) is 3. The molecule has 2 unspecified atom stereocenters. The first kappa shape index (κ1) is 27.4. The highest BCUT2D eigenvalue weighted by Crippen LogP contribution is 2.42. The van der Waals surface area contributed by atoms with Gasteiger partial charge in [0, 0.05) is 57.8 Å². The number of nitrogens with one attached hydrogen (secondary N) is 2. The third-order valence-electron chi connectivity index (χ3n) is 6.41. The standard InChI is InChI=1S/C22H43N5O2.HI/c1-7-9-14-29-19-15-18(22(19,3)4)25-21(23-8-2)24-17-10-12-27(13-11-17)16-20(28)26(5)6;/h17-19H,7-16H2,1-6H3,(H2,23,24,25);1H. The number of rotatable bonds is 9. The molecule has 0 aromatic rings. The number of carbonyl (C=O) groups is 1. The number of carbonyl (C=O) groups excluding carboxylic acids is 1. The highest BCUT2D eigenvalue weighted by molar-refractivity contribution is 14.0. The number of piperidine rings is 1. The van der Waals surface area contributed by atoms with E-state index in [1.807, 2.05) is 14.1 Å². The Hall–Kier alpha value is -0.610. The number of aliphatic imine (C=N–C) groups is 1. The van der Waals surface area contributed by atoms with Crippen LogP contribution in [0.15, 0.2) is 4.99 Å². The molecular weight excluding hydrogens is 493 g/mol. The Morgan fingerprint density at radius 1 is 1.20 bits per heavy atom. The molecule has 1 amide bonds. The number of ether oxygens (including phenoxy) is 1. The van der Waals surface area contributed by atoms with Crippen molar-refractivity contribution in [1.29, 1.82) is 0 Å². The van der Waals surface area contributed by atoms with Gasteiger partial charge < -0.3 is 20.3 Å². The number of likely N-dealkylation sites (tertiary alicyclic amines) is 1. The fourth-order valence-corrected chi connectivity index (χ4v) is 4.00. The van der Waals surface area contributed by atoms with Gasteiger partial charge in [0.05, 0.1) is 12.6 Å². The van der Waals surface area contributed by atoms with Crippen molar-refractivity contribution in [3.05, 3.63) is 0 Å². The smallest absolute Gasteiger partial charge is 0.236 e. The fraction of sp³-hybridized carbons (Fsp3) is 0.909. The second-order valence-electron chi connectivity index (χ2n) is 9.27. The molecular formula is C22H44IN5O2. The minimum Gasteiger partial charge on any atom is -0.378 e. The highest BCUT2D eigenvalue weighted by Gasteiger charge is 2.49. The van der Waals surface area contributed by atoms with E-state index in [-0.39, 0.29) is 35.3 Å². The van der Waals surface area contributed by atoms with E-state index in [1.54, 1.807) is 4.90 Å². The van der Waals surface area contributed by atoms with Crippen molar-refractivity contribution in [2.24, 2.45) is 10.4 Å². The van der Waals surface area contributed by atoms with Crippen LogP contribution in [0, 0.1) is 5.41 Å². The molecule has 1 heterocycles. The Labute approximate surface area is 200 Å². The molecule has 0 spiro atoms. The molecule has 0 bridgehead atoms. The molecule has 2 N–H and O–H groups in total. The zero-order valence-electron chi connectivity index (χ0n) is 19.9. The molecule has 1 saturated carbocycles. The van der Waals surface area contributed by atoms with E-state index in [4.69, 9.17) is 4.74 Å². The van der Waals surface area contributed by atoms with E-state index >= 15 is 0 Å². The second kappa shape index (κ2) is 13.1. The number of amides is 1. The molecule has 176 valence electrons. The van der Waals surface area contributed by atoms with Crippen molar-refractivity contribution < 1.29 is 9.53 Å². The molecule has 7 nitrogen and oxygen atoms in total. The Morgan fingerprint density at radius 2 is 1.87 bits per heavy atom. The van der Waals surface area contributed by atoms with Crippen LogP contribution >= 0.6 is 24.0 Å². The van der Waals surface area contributed by atoms with Crippen molar-refractivity contribution in [2.45, 2.75) is 78.0 Å². The van der Waals surface area contributed by atoms with Crippen LogP contribution in [-0.2, 0) is 9.53 Å². The molecule has 1 aliphatic heterocycles. The number of halogens is 1. The topological polar surface area (TPSA) is 69.2 Å². The number of guanidine groups is 1. The maximum absolute atomic E-state index is 11.9. The largest absolute Gasteiger partial charge is 0.378 e. The van der Waals surface area contributed by atoms with Gasteiger partial charge in [-0.05, 0) is 32.6 Å². The average Bonchev–Trinajstić information content (AvgIpc) is 2.68. The van der Waals surface area contributed by atoms with E-state index in [1.165, 1.54) is 6.42 Å². The summed E-state index contributed by atoms with van der Waals surface area (Å²) < 4.78 is 6.08. The molecule has 2 aliphatic rings. The Balaban J connectivity index is 0.00000450. The zero-order valence-corrected chi connectivity index (χ0v) is 22.2. The molecule has 2 fully saturated rings. The number of hydrogen-bond donors (Lipinski definition) is 2. The van der Waals surface area contributed by atoms with Gasteiger partial charge in [-0.25, -0.2) is 0 Å². The molecule has 1 saturated heterocycles. The molecule has 2 rings (SSSR count). The normalized spacial score (nSPS) is 24.5. The van der Waals surface area contributed by atoms with E-state index in [0.29, 0.717) is 24.7 Å². The monoisotopic (exact) mass is 537 g/mol. The lowest BCUT2D eigenvalue weighted by atomic mass is 9.64. The minimum absolute atomic E-state index is 0. The van der Waals surface area contributed by atoms with Crippen molar-refractivity contribution in [3.63, 3.8) is 0 Å². The quantitative estimate of drug-likeness (QED) is 0.205. The van der Waals surface area contributed by atoms with E-state index in [9.17, 15) is 4.79 Å². The first-order chi connectivity index (χ1) is 13.8. The van der Waals surface area contributed by atoms with Crippen molar-refractivity contribution >= 4 is 35.8 Å². The van der Waals surface area contributed by atoms with Crippen LogP contribution in [0.2, 0.25) is 0 Å². The Bertz CT molecular complexity index is 548. The van der Waals surface area contributed by atoms with Gasteiger partial charge in [0.1, 0.15) is 0 Å². The number of likely N-dealkylation sites (N-methyl/N-ethyl adjacent to an activating group) is 1. The average molecular weight is 538 g/mol. The fourth-order valence-electron chi connectivity index (χ4n) is 4.00. The van der Waals surface area contributed by atoms with Gasteiger partial charge in [-0.15, -0.1) is 24.0 Å². The van der Waals surface area contributed by atoms with Crippen LogP contribution in [-0.4, -0.2) is 86.7 Å². The predicted octanol–water partition coefficient (Wildman–Crippen LogP) is 2.70. The number of unbranched alkanes of at least 4 members (excludes halogenated alkanes) is 1.